The third-order valence-electron chi connectivity index (χ3n) is 7.80. The largest absolute Gasteiger partial charge is 0.494 e. The zero-order chi connectivity index (χ0) is 26.5. The van der Waals surface area contributed by atoms with Crippen LogP contribution in [0.3, 0.4) is 0 Å². The van der Waals surface area contributed by atoms with Crippen molar-refractivity contribution in [1.29, 1.82) is 0 Å². The molecule has 0 spiro atoms. The number of quaternary nitrogens is 1. The molecule has 6 heteroatoms. The van der Waals surface area contributed by atoms with Gasteiger partial charge in [0.1, 0.15) is 11.6 Å². The summed E-state index contributed by atoms with van der Waals surface area (Å²) in [4.78, 5) is 28.7. The van der Waals surface area contributed by atoms with E-state index in [4.69, 9.17) is 0 Å². The first kappa shape index (κ1) is 23.2. The van der Waals surface area contributed by atoms with Crippen LogP contribution < -0.4 is 16.6 Å². The van der Waals surface area contributed by atoms with E-state index in [9.17, 15) is 14.7 Å². The van der Waals surface area contributed by atoms with Crippen LogP contribution in [0.15, 0.2) is 119 Å². The monoisotopic (exact) mass is 512 g/mol. The first-order chi connectivity index (χ1) is 19.1. The second-order valence-electron chi connectivity index (χ2n) is 9.94. The normalized spacial score (nSPS) is 14.9. The third kappa shape index (κ3) is 3.60. The van der Waals surface area contributed by atoms with Gasteiger partial charge >= 0.3 is 5.69 Å². The molecule has 6 nitrogen and oxygen atoms in total. The van der Waals surface area contributed by atoms with Gasteiger partial charge in [-0.15, -0.1) is 0 Å². The highest BCUT2D eigenvalue weighted by Crippen LogP contribution is 2.31. The van der Waals surface area contributed by atoms with Crippen molar-refractivity contribution in [3.8, 4) is 17.3 Å². The molecule has 5 aromatic carbocycles. The zero-order valence-electron chi connectivity index (χ0n) is 21.1. The molecule has 0 saturated heterocycles. The molecule has 7 rings (SSSR count). The topological polar surface area (TPSA) is 80.8 Å². The molecule has 1 aromatic heterocycles. The minimum Gasteiger partial charge on any atom is -0.494 e. The average Bonchev–Trinajstić information content (AvgIpc) is 2.97. The van der Waals surface area contributed by atoms with Crippen LogP contribution in [0.25, 0.3) is 32.9 Å². The highest BCUT2D eigenvalue weighted by Gasteiger charge is 2.34. The van der Waals surface area contributed by atoms with Gasteiger partial charge in [-0.3, -0.25) is 4.79 Å². The molecule has 1 aliphatic rings. The molecule has 2 heterocycles. The fraction of sp³-hybridized carbons (Fsp3) is 0.0909. The minimum absolute atomic E-state index is 0.197. The van der Waals surface area contributed by atoms with Crippen LogP contribution in [0.5, 0.6) is 5.88 Å². The van der Waals surface area contributed by atoms with Crippen molar-refractivity contribution in [2.45, 2.75) is 12.5 Å². The Morgan fingerprint density at radius 3 is 1.92 bits per heavy atom. The first-order valence-electron chi connectivity index (χ1n) is 13.1. The number of nitrogens with zero attached hydrogens (tertiary/aromatic N) is 2. The van der Waals surface area contributed by atoms with E-state index in [0.29, 0.717) is 11.4 Å². The summed E-state index contributed by atoms with van der Waals surface area (Å²) < 4.78 is 2.52. The molecule has 1 aliphatic heterocycles. The molecule has 0 fully saturated rings. The van der Waals surface area contributed by atoms with Gasteiger partial charge in [-0.25, -0.2) is 13.9 Å². The molecule has 0 amide bonds. The quantitative estimate of drug-likeness (QED) is 0.373. The predicted octanol–water partition coefficient (Wildman–Crippen LogP) is 4.21. The third-order valence-corrected chi connectivity index (χ3v) is 7.80. The molecule has 1 atom stereocenters. The molecular formula is C33H26N3O3+. The maximum atomic E-state index is 14.4. The Morgan fingerprint density at radius 2 is 1.23 bits per heavy atom. The Labute approximate surface area is 224 Å². The van der Waals surface area contributed by atoms with Gasteiger partial charge < -0.3 is 10.4 Å². The van der Waals surface area contributed by atoms with E-state index in [-0.39, 0.29) is 11.4 Å². The maximum Gasteiger partial charge on any atom is 0.343 e. The van der Waals surface area contributed by atoms with Crippen molar-refractivity contribution < 1.29 is 10.4 Å². The van der Waals surface area contributed by atoms with Crippen molar-refractivity contribution in [1.82, 2.24) is 9.13 Å². The molecule has 3 N–H and O–H groups in total. The highest BCUT2D eigenvalue weighted by atomic mass is 16.3. The van der Waals surface area contributed by atoms with Crippen molar-refractivity contribution in [2.75, 3.05) is 6.54 Å². The molecule has 0 saturated carbocycles. The molecule has 6 aromatic rings. The van der Waals surface area contributed by atoms with Gasteiger partial charge in [-0.1, -0.05) is 97.1 Å². The Morgan fingerprint density at radius 1 is 0.667 bits per heavy atom. The SMILES string of the molecule is O=c1c([C@@H]2[NH2+]CCc3ccccc32)c(O)n(-c2cccc3ccccc23)c(=O)n1-c1cccc2ccccc12. The standard InChI is InChI=1S/C33H25N3O3/c37-31-29(30-26-16-6-3-11-23(26)19-20-34-30)32(38)36(28-18-8-13-22-10-2-5-15-25(22)28)33(39)35(31)27-17-7-12-21-9-1-4-14-24(21)27/h1-18,30,34,37H,19-20H2/p+1/t30-/m1/s1. The summed E-state index contributed by atoms with van der Waals surface area (Å²) in [6.45, 7) is 0.766. The van der Waals surface area contributed by atoms with Crippen LogP contribution in [-0.2, 0) is 6.42 Å². The number of aromatic nitrogens is 2. The van der Waals surface area contributed by atoms with Gasteiger partial charge in [0.25, 0.3) is 5.56 Å². The number of benzene rings is 5. The van der Waals surface area contributed by atoms with Crippen molar-refractivity contribution in [3.05, 3.63) is 147 Å². The van der Waals surface area contributed by atoms with Gasteiger partial charge in [0, 0.05) is 22.8 Å². The lowest BCUT2D eigenvalue weighted by Gasteiger charge is -2.26. The summed E-state index contributed by atoms with van der Waals surface area (Å²) in [7, 11) is 0. The Balaban J connectivity index is 1.63. The van der Waals surface area contributed by atoms with E-state index in [1.165, 1.54) is 9.13 Å². The summed E-state index contributed by atoms with van der Waals surface area (Å²) in [6.07, 6.45) is 0.869. The van der Waals surface area contributed by atoms with Crippen molar-refractivity contribution >= 4 is 21.5 Å². The van der Waals surface area contributed by atoms with E-state index >= 15 is 0 Å². The summed E-state index contributed by atoms with van der Waals surface area (Å²) >= 11 is 0. The van der Waals surface area contributed by atoms with Crippen molar-refractivity contribution in [3.63, 3.8) is 0 Å². The Bertz CT molecular complexity index is 2010. The number of aromatic hydroxyl groups is 1. The molecule has 0 unspecified atom stereocenters. The average molecular weight is 513 g/mol. The van der Waals surface area contributed by atoms with Gasteiger partial charge in [-0.2, -0.15) is 0 Å². The highest BCUT2D eigenvalue weighted by molar-refractivity contribution is 5.91. The molecule has 0 bridgehead atoms. The summed E-state index contributed by atoms with van der Waals surface area (Å²) in [6, 6.07) is 34.2. The van der Waals surface area contributed by atoms with E-state index in [2.05, 4.69) is 11.4 Å². The van der Waals surface area contributed by atoms with E-state index in [0.717, 1.165) is 45.6 Å². The number of hydrogen-bond acceptors (Lipinski definition) is 3. The Kier molecular flexibility index (Phi) is 5.42. The molecule has 0 aliphatic carbocycles. The smallest absolute Gasteiger partial charge is 0.343 e. The molecule has 0 radical (unpaired) electrons. The predicted molar refractivity (Wildman–Crippen MR) is 153 cm³/mol. The molecule has 190 valence electrons. The van der Waals surface area contributed by atoms with Crippen LogP contribution in [0.2, 0.25) is 0 Å². The number of hydrogen-bond donors (Lipinski definition) is 2. The van der Waals surface area contributed by atoms with Crippen LogP contribution in [0.4, 0.5) is 0 Å². The lowest BCUT2D eigenvalue weighted by molar-refractivity contribution is -0.690. The summed E-state index contributed by atoms with van der Waals surface area (Å²) in [5, 5.41) is 17.4. The van der Waals surface area contributed by atoms with Gasteiger partial charge in [0.05, 0.1) is 17.9 Å². The first-order valence-corrected chi connectivity index (χ1v) is 13.1. The lowest BCUT2D eigenvalue weighted by atomic mass is 9.90. The zero-order valence-corrected chi connectivity index (χ0v) is 21.1. The van der Waals surface area contributed by atoms with Crippen LogP contribution in [0.1, 0.15) is 22.7 Å². The van der Waals surface area contributed by atoms with Crippen LogP contribution in [0, 0.1) is 0 Å². The van der Waals surface area contributed by atoms with Gasteiger partial charge in [0.15, 0.2) is 0 Å². The van der Waals surface area contributed by atoms with Crippen LogP contribution in [-0.4, -0.2) is 20.8 Å². The van der Waals surface area contributed by atoms with E-state index in [1.54, 1.807) is 6.07 Å². The van der Waals surface area contributed by atoms with Crippen LogP contribution >= 0.6 is 0 Å². The van der Waals surface area contributed by atoms with Crippen molar-refractivity contribution in [2.24, 2.45) is 0 Å². The second kappa shape index (κ2) is 9.11. The number of fused-ring (bicyclic) bond motifs is 3. The number of rotatable bonds is 3. The lowest BCUT2D eigenvalue weighted by Crippen LogP contribution is -2.88. The second-order valence-corrected chi connectivity index (χ2v) is 9.94. The summed E-state index contributed by atoms with van der Waals surface area (Å²) in [5.74, 6) is -0.323. The fourth-order valence-corrected chi connectivity index (χ4v) is 5.99. The van der Waals surface area contributed by atoms with Gasteiger partial charge in [0.2, 0.25) is 5.88 Å². The summed E-state index contributed by atoms with van der Waals surface area (Å²) in [5.41, 5.74) is 2.20. The van der Waals surface area contributed by atoms with Gasteiger partial charge in [-0.05, 0) is 28.5 Å². The molecular weight excluding hydrogens is 486 g/mol. The number of nitrogens with two attached hydrogens (primary N) is 1. The van der Waals surface area contributed by atoms with E-state index in [1.807, 2.05) is 97.1 Å². The van der Waals surface area contributed by atoms with E-state index < -0.39 is 17.3 Å². The minimum atomic E-state index is -0.613. The maximum absolute atomic E-state index is 14.4. The molecule has 39 heavy (non-hydrogen) atoms. The Hall–Kier alpha value is -4.94. The fourth-order valence-electron chi connectivity index (χ4n) is 5.99.